The number of anilines is 1. The molecule has 1 amide bonds. The van der Waals surface area contributed by atoms with Crippen LogP contribution in [0.1, 0.15) is 49.4 Å². The van der Waals surface area contributed by atoms with Crippen LogP contribution in [0, 0.1) is 17.0 Å². The van der Waals surface area contributed by atoms with E-state index in [2.05, 4.69) is 11.8 Å². The molecule has 0 bridgehead atoms. The van der Waals surface area contributed by atoms with E-state index >= 15 is 0 Å². The molecule has 36 heavy (non-hydrogen) atoms. The van der Waals surface area contributed by atoms with Gasteiger partial charge in [-0.05, 0) is 18.9 Å². The second kappa shape index (κ2) is 11.7. The zero-order chi connectivity index (χ0) is 25.5. The summed E-state index contributed by atoms with van der Waals surface area (Å²) in [6, 6.07) is 16.6. The van der Waals surface area contributed by atoms with E-state index < -0.39 is 0 Å². The van der Waals surface area contributed by atoms with E-state index in [-0.39, 0.29) is 16.5 Å². The van der Waals surface area contributed by atoms with Gasteiger partial charge in [0.25, 0.3) is 5.69 Å². The van der Waals surface area contributed by atoms with Gasteiger partial charge in [-0.3, -0.25) is 14.9 Å². The number of non-ortho nitro benzene ring substituents is 1. The van der Waals surface area contributed by atoms with Gasteiger partial charge in [-0.25, -0.2) is 9.97 Å². The first-order valence-corrected chi connectivity index (χ1v) is 12.6. The van der Waals surface area contributed by atoms with E-state index in [1.54, 1.807) is 12.1 Å². The number of nitro benzene ring substituents is 1. The Morgan fingerprint density at radius 1 is 0.972 bits per heavy atom. The predicted molar refractivity (Wildman–Crippen MR) is 141 cm³/mol. The van der Waals surface area contributed by atoms with E-state index in [1.165, 1.54) is 12.1 Å². The summed E-state index contributed by atoms with van der Waals surface area (Å²) < 4.78 is 0. The normalized spacial score (nSPS) is 13.6. The summed E-state index contributed by atoms with van der Waals surface area (Å²) >= 11 is 0. The Kier molecular flexibility index (Phi) is 8.25. The number of hydrogen-bond acceptors (Lipinski definition) is 6. The maximum absolute atomic E-state index is 12.6. The zero-order valence-corrected chi connectivity index (χ0v) is 21.0. The molecule has 0 saturated carbocycles. The average Bonchev–Trinajstić information content (AvgIpc) is 2.90. The van der Waals surface area contributed by atoms with Crippen LogP contribution in [0.4, 0.5) is 11.5 Å². The van der Waals surface area contributed by atoms with Crippen molar-refractivity contribution >= 4 is 17.4 Å². The van der Waals surface area contributed by atoms with Crippen LogP contribution in [0.2, 0.25) is 0 Å². The molecule has 188 valence electrons. The van der Waals surface area contributed by atoms with Gasteiger partial charge < -0.3 is 9.80 Å². The average molecular weight is 488 g/mol. The number of rotatable bonds is 9. The molecule has 3 aromatic rings. The highest BCUT2D eigenvalue weighted by Crippen LogP contribution is 2.29. The summed E-state index contributed by atoms with van der Waals surface area (Å²) in [5.41, 5.74) is 3.88. The molecule has 0 aliphatic carbocycles. The van der Waals surface area contributed by atoms with E-state index in [1.807, 2.05) is 42.2 Å². The van der Waals surface area contributed by atoms with Gasteiger partial charge in [-0.1, -0.05) is 62.2 Å². The maximum atomic E-state index is 12.6. The Morgan fingerprint density at radius 3 is 2.31 bits per heavy atom. The van der Waals surface area contributed by atoms with Gasteiger partial charge in [-0.15, -0.1) is 0 Å². The van der Waals surface area contributed by atoms with Crippen LogP contribution in [0.25, 0.3) is 11.4 Å². The molecule has 0 radical (unpaired) electrons. The standard InChI is InChI=1S/C28H33N5O3/c1-3-4-6-11-26(34)31-16-18-32(19-17-31)28-25(20-22-12-14-24(15-13-22)33(35)36)21(2)29-27(30-28)23-9-7-5-8-10-23/h5,7-10,12-15H,3-4,6,11,16-20H2,1-2H3. The molecule has 0 unspecified atom stereocenters. The lowest BCUT2D eigenvalue weighted by Gasteiger charge is -2.36. The van der Waals surface area contributed by atoms with Gasteiger partial charge in [0.05, 0.1) is 4.92 Å². The fourth-order valence-corrected chi connectivity index (χ4v) is 4.56. The number of aryl methyl sites for hydroxylation is 1. The highest BCUT2D eigenvalue weighted by molar-refractivity contribution is 5.76. The number of carbonyl (C=O) groups is 1. The number of carbonyl (C=O) groups excluding carboxylic acids is 1. The van der Waals surface area contributed by atoms with Gasteiger partial charge >= 0.3 is 0 Å². The monoisotopic (exact) mass is 487 g/mol. The summed E-state index contributed by atoms with van der Waals surface area (Å²) in [7, 11) is 0. The third kappa shape index (κ3) is 6.05. The molecule has 4 rings (SSSR count). The van der Waals surface area contributed by atoms with Crippen molar-refractivity contribution in [3.05, 3.63) is 81.5 Å². The van der Waals surface area contributed by atoms with Crippen LogP contribution >= 0.6 is 0 Å². The number of amides is 1. The van der Waals surface area contributed by atoms with Gasteiger partial charge in [0.2, 0.25) is 5.91 Å². The van der Waals surface area contributed by atoms with E-state index in [0.29, 0.717) is 44.8 Å². The lowest BCUT2D eigenvalue weighted by Crippen LogP contribution is -2.49. The van der Waals surface area contributed by atoms with Crippen LogP contribution in [0.15, 0.2) is 54.6 Å². The third-order valence-electron chi connectivity index (χ3n) is 6.68. The first-order valence-electron chi connectivity index (χ1n) is 12.6. The fourth-order valence-electron chi connectivity index (χ4n) is 4.56. The Hall–Kier alpha value is -3.81. The lowest BCUT2D eigenvalue weighted by atomic mass is 10.0. The smallest absolute Gasteiger partial charge is 0.269 e. The topological polar surface area (TPSA) is 92.5 Å². The van der Waals surface area contributed by atoms with Crippen LogP contribution in [-0.2, 0) is 11.2 Å². The molecular weight excluding hydrogens is 454 g/mol. The van der Waals surface area contributed by atoms with Crippen molar-refractivity contribution in [1.29, 1.82) is 0 Å². The molecule has 1 aliphatic rings. The van der Waals surface area contributed by atoms with Crippen molar-refractivity contribution in [2.24, 2.45) is 0 Å². The molecular formula is C28H33N5O3. The van der Waals surface area contributed by atoms with Crippen molar-refractivity contribution in [3.8, 4) is 11.4 Å². The van der Waals surface area contributed by atoms with Crippen molar-refractivity contribution in [1.82, 2.24) is 14.9 Å². The summed E-state index contributed by atoms with van der Waals surface area (Å²) in [6.07, 6.45) is 4.32. The van der Waals surface area contributed by atoms with Crippen LogP contribution in [0.3, 0.4) is 0 Å². The summed E-state index contributed by atoms with van der Waals surface area (Å²) in [6.45, 7) is 6.89. The highest BCUT2D eigenvalue weighted by atomic mass is 16.6. The SMILES string of the molecule is CCCCCC(=O)N1CCN(c2nc(-c3ccccc3)nc(C)c2Cc2ccc([N+](=O)[O-])cc2)CC1. The Bertz CT molecular complexity index is 1190. The van der Waals surface area contributed by atoms with E-state index in [0.717, 1.165) is 47.5 Å². The number of hydrogen-bond donors (Lipinski definition) is 0. The van der Waals surface area contributed by atoms with Gasteiger partial charge in [-0.2, -0.15) is 0 Å². The first-order chi connectivity index (χ1) is 17.5. The number of nitrogens with zero attached hydrogens (tertiary/aromatic N) is 5. The minimum Gasteiger partial charge on any atom is -0.353 e. The Morgan fingerprint density at radius 2 is 1.67 bits per heavy atom. The minimum atomic E-state index is -0.388. The molecule has 2 aromatic carbocycles. The summed E-state index contributed by atoms with van der Waals surface area (Å²) in [5.74, 6) is 1.78. The molecule has 0 spiro atoms. The second-order valence-corrected chi connectivity index (χ2v) is 9.23. The number of benzene rings is 2. The van der Waals surface area contributed by atoms with Crippen molar-refractivity contribution in [2.75, 3.05) is 31.1 Å². The molecule has 1 aromatic heterocycles. The zero-order valence-electron chi connectivity index (χ0n) is 21.0. The third-order valence-corrected chi connectivity index (χ3v) is 6.68. The highest BCUT2D eigenvalue weighted by Gasteiger charge is 2.25. The van der Waals surface area contributed by atoms with Gasteiger partial charge in [0.1, 0.15) is 5.82 Å². The Balaban J connectivity index is 1.60. The second-order valence-electron chi connectivity index (χ2n) is 9.23. The number of aromatic nitrogens is 2. The largest absolute Gasteiger partial charge is 0.353 e. The van der Waals surface area contributed by atoms with Crippen molar-refractivity contribution in [2.45, 2.75) is 46.0 Å². The predicted octanol–water partition coefficient (Wildman–Crippen LogP) is 5.18. The molecule has 2 heterocycles. The molecule has 1 saturated heterocycles. The first kappa shape index (κ1) is 25.3. The van der Waals surface area contributed by atoms with Crippen LogP contribution in [-0.4, -0.2) is 51.9 Å². The number of piperazine rings is 1. The maximum Gasteiger partial charge on any atom is 0.269 e. The molecule has 0 N–H and O–H groups in total. The van der Waals surface area contributed by atoms with E-state index in [9.17, 15) is 14.9 Å². The molecule has 8 nitrogen and oxygen atoms in total. The van der Waals surface area contributed by atoms with Gasteiger partial charge in [0, 0.05) is 68.0 Å². The molecule has 0 atom stereocenters. The summed E-state index contributed by atoms with van der Waals surface area (Å²) in [5, 5.41) is 11.1. The van der Waals surface area contributed by atoms with Crippen molar-refractivity contribution in [3.63, 3.8) is 0 Å². The molecule has 1 fully saturated rings. The van der Waals surface area contributed by atoms with Crippen LogP contribution < -0.4 is 4.90 Å². The number of nitro groups is 1. The quantitative estimate of drug-likeness (QED) is 0.235. The number of unbranched alkanes of at least 4 members (excludes halogenated alkanes) is 2. The fraction of sp³-hybridized carbons (Fsp3) is 0.393. The van der Waals surface area contributed by atoms with Crippen molar-refractivity contribution < 1.29 is 9.72 Å². The van der Waals surface area contributed by atoms with E-state index in [4.69, 9.17) is 9.97 Å². The molecule has 8 heteroatoms. The lowest BCUT2D eigenvalue weighted by molar-refractivity contribution is -0.384. The van der Waals surface area contributed by atoms with Gasteiger partial charge in [0.15, 0.2) is 5.82 Å². The Labute approximate surface area is 212 Å². The minimum absolute atomic E-state index is 0.0751. The van der Waals surface area contributed by atoms with Crippen LogP contribution in [0.5, 0.6) is 0 Å². The summed E-state index contributed by atoms with van der Waals surface area (Å²) in [4.78, 5) is 37.3. The molecule has 1 aliphatic heterocycles.